The van der Waals surface area contributed by atoms with Crippen molar-refractivity contribution in [1.29, 1.82) is 0 Å². The molecule has 3 rings (SSSR count). The molecule has 1 atom stereocenters. The Hall–Kier alpha value is -1.84. The zero-order chi connectivity index (χ0) is 21.2. The van der Waals surface area contributed by atoms with Crippen LogP contribution in [0.2, 0.25) is 0 Å². The number of aromatic carboxylic acids is 1. The quantitative estimate of drug-likeness (QED) is 0.716. The normalized spacial score (nSPS) is 24.6. The summed E-state index contributed by atoms with van der Waals surface area (Å²) in [7, 11) is 0. The van der Waals surface area contributed by atoms with Crippen molar-refractivity contribution < 1.29 is 14.7 Å². The molecule has 29 heavy (non-hydrogen) atoms. The summed E-state index contributed by atoms with van der Waals surface area (Å²) >= 11 is 1.17. The second-order valence-corrected chi connectivity index (χ2v) is 10.5. The van der Waals surface area contributed by atoms with Crippen molar-refractivity contribution >= 4 is 28.9 Å². The maximum absolute atomic E-state index is 13.6. The molecule has 1 amide bonds. The Labute approximate surface area is 177 Å². The predicted molar refractivity (Wildman–Crippen MR) is 117 cm³/mol. The lowest BCUT2D eigenvalue weighted by Gasteiger charge is -2.34. The smallest absolute Gasteiger partial charge is 0.348 e. The maximum Gasteiger partial charge on any atom is 0.348 e. The number of hydrogen-bond donors (Lipinski definition) is 2. The molecule has 1 aliphatic carbocycles. The van der Waals surface area contributed by atoms with E-state index in [0.29, 0.717) is 23.0 Å². The number of carboxylic acid groups (broad SMARTS) is 1. The van der Waals surface area contributed by atoms with Crippen molar-refractivity contribution in [2.45, 2.75) is 65.8 Å². The number of nitrogens with one attached hydrogen (secondary N) is 1. The minimum absolute atomic E-state index is 0.00187. The molecule has 0 aromatic carbocycles. The van der Waals surface area contributed by atoms with Crippen LogP contribution in [0.4, 0.5) is 5.69 Å². The number of thiophene rings is 1. The lowest BCUT2D eigenvalue weighted by molar-refractivity contribution is -0.124. The van der Waals surface area contributed by atoms with E-state index in [2.05, 4.69) is 24.1 Å². The Kier molecular flexibility index (Phi) is 6.70. The van der Waals surface area contributed by atoms with Gasteiger partial charge in [0.15, 0.2) is 0 Å². The van der Waals surface area contributed by atoms with Crippen LogP contribution in [0.3, 0.4) is 0 Å². The first kappa shape index (κ1) is 21.9. The average molecular weight is 417 g/mol. The molecule has 1 saturated heterocycles. The Balaban J connectivity index is 1.98. The highest BCUT2D eigenvalue weighted by Gasteiger charge is 2.36. The lowest BCUT2D eigenvalue weighted by Crippen LogP contribution is -2.46. The van der Waals surface area contributed by atoms with Gasteiger partial charge in [0.25, 0.3) is 0 Å². The fourth-order valence-electron chi connectivity index (χ4n) is 4.08. The van der Waals surface area contributed by atoms with Gasteiger partial charge in [-0.3, -0.25) is 4.79 Å². The van der Waals surface area contributed by atoms with Gasteiger partial charge in [-0.2, -0.15) is 0 Å². The van der Waals surface area contributed by atoms with Gasteiger partial charge in [0.05, 0.1) is 16.6 Å². The van der Waals surface area contributed by atoms with Crippen molar-refractivity contribution in [3.63, 3.8) is 0 Å². The summed E-state index contributed by atoms with van der Waals surface area (Å²) in [5.41, 5.74) is 0.357. The van der Waals surface area contributed by atoms with Crippen LogP contribution in [0.5, 0.6) is 0 Å². The molecule has 158 valence electrons. The molecule has 0 unspecified atom stereocenters. The third kappa shape index (κ3) is 5.40. The van der Waals surface area contributed by atoms with E-state index in [1.165, 1.54) is 11.3 Å². The van der Waals surface area contributed by atoms with Crippen LogP contribution >= 0.6 is 11.3 Å². The molecule has 1 aromatic heterocycles. The maximum atomic E-state index is 13.6. The van der Waals surface area contributed by atoms with E-state index < -0.39 is 5.97 Å². The predicted octanol–water partition coefficient (Wildman–Crippen LogP) is 4.37. The summed E-state index contributed by atoms with van der Waals surface area (Å²) in [5.74, 6) is 6.04. The highest BCUT2D eigenvalue weighted by Crippen LogP contribution is 2.37. The van der Waals surface area contributed by atoms with Crippen LogP contribution in [0.25, 0.3) is 0 Å². The van der Waals surface area contributed by atoms with E-state index in [-0.39, 0.29) is 28.2 Å². The Morgan fingerprint density at radius 1 is 1.21 bits per heavy atom. The minimum Gasteiger partial charge on any atom is -0.477 e. The summed E-state index contributed by atoms with van der Waals surface area (Å²) in [6.45, 7) is 9.86. The van der Waals surface area contributed by atoms with Gasteiger partial charge in [-0.25, -0.2) is 4.79 Å². The summed E-state index contributed by atoms with van der Waals surface area (Å²) in [6.07, 6.45) is 4.74. The Morgan fingerprint density at radius 2 is 1.90 bits per heavy atom. The Morgan fingerprint density at radius 3 is 2.45 bits per heavy atom. The third-order valence-electron chi connectivity index (χ3n) is 5.73. The van der Waals surface area contributed by atoms with Gasteiger partial charge in [-0.1, -0.05) is 18.8 Å². The Bertz CT molecular complexity index is 813. The van der Waals surface area contributed by atoms with E-state index >= 15 is 0 Å². The van der Waals surface area contributed by atoms with E-state index in [1.807, 2.05) is 26.8 Å². The second kappa shape index (κ2) is 8.89. The molecule has 2 aliphatic rings. The number of amides is 1. The fourth-order valence-corrected chi connectivity index (χ4v) is 4.92. The van der Waals surface area contributed by atoms with Crippen LogP contribution in [0.1, 0.15) is 74.3 Å². The fraction of sp³-hybridized carbons (Fsp3) is 0.652. The molecular formula is C23H32N2O3S. The summed E-state index contributed by atoms with van der Waals surface area (Å²) in [4.78, 5) is 28.3. The molecule has 1 saturated carbocycles. The summed E-state index contributed by atoms with van der Waals surface area (Å²) in [6, 6.07) is 1.81. The minimum atomic E-state index is -0.991. The van der Waals surface area contributed by atoms with Gasteiger partial charge in [0.2, 0.25) is 5.91 Å². The summed E-state index contributed by atoms with van der Waals surface area (Å²) in [5, 5.41) is 13.2. The van der Waals surface area contributed by atoms with Gasteiger partial charge in [0.1, 0.15) is 4.88 Å². The molecule has 0 bridgehead atoms. The van der Waals surface area contributed by atoms with Gasteiger partial charge in [0, 0.05) is 17.9 Å². The first-order valence-corrected chi connectivity index (χ1v) is 11.4. The average Bonchev–Trinajstić information content (AvgIpc) is 3.31. The molecule has 1 aromatic rings. The molecule has 0 radical (unpaired) electrons. The van der Waals surface area contributed by atoms with Crippen molar-refractivity contribution in [1.82, 2.24) is 5.32 Å². The van der Waals surface area contributed by atoms with E-state index in [9.17, 15) is 14.7 Å². The molecule has 1 aliphatic heterocycles. The second-order valence-electron chi connectivity index (χ2n) is 9.44. The lowest BCUT2D eigenvalue weighted by atomic mass is 9.82. The van der Waals surface area contributed by atoms with Gasteiger partial charge < -0.3 is 15.3 Å². The van der Waals surface area contributed by atoms with Crippen LogP contribution in [-0.4, -0.2) is 36.1 Å². The van der Waals surface area contributed by atoms with Crippen molar-refractivity contribution in [3.05, 3.63) is 15.8 Å². The highest BCUT2D eigenvalue weighted by atomic mass is 32.1. The zero-order valence-corrected chi connectivity index (χ0v) is 18.7. The molecule has 2 fully saturated rings. The van der Waals surface area contributed by atoms with Crippen LogP contribution < -0.4 is 10.2 Å². The molecule has 2 heterocycles. The SMILES string of the molecule is CC1CCC(C(=O)N(c2cc(C#CC(C)(C)C)sc2C(=O)O)[C@H]2CCNC2)CC1. The van der Waals surface area contributed by atoms with Crippen LogP contribution in [-0.2, 0) is 4.79 Å². The number of carbonyl (C=O) groups excluding carboxylic acids is 1. The zero-order valence-electron chi connectivity index (χ0n) is 17.9. The monoisotopic (exact) mass is 416 g/mol. The molecular weight excluding hydrogens is 384 g/mol. The summed E-state index contributed by atoms with van der Waals surface area (Å²) < 4.78 is 0. The third-order valence-corrected chi connectivity index (χ3v) is 6.76. The van der Waals surface area contributed by atoms with Crippen molar-refractivity contribution in [3.8, 4) is 11.8 Å². The topological polar surface area (TPSA) is 69.6 Å². The number of hydrogen-bond acceptors (Lipinski definition) is 4. The van der Waals surface area contributed by atoms with Gasteiger partial charge in [-0.15, -0.1) is 11.3 Å². The van der Waals surface area contributed by atoms with Crippen molar-refractivity contribution in [2.75, 3.05) is 18.0 Å². The van der Waals surface area contributed by atoms with Gasteiger partial charge >= 0.3 is 5.97 Å². The number of rotatable bonds is 4. The van der Waals surface area contributed by atoms with Crippen LogP contribution in [0.15, 0.2) is 6.07 Å². The number of nitrogens with zero attached hydrogens (tertiary/aromatic N) is 1. The molecule has 6 heteroatoms. The van der Waals surface area contributed by atoms with Crippen molar-refractivity contribution in [2.24, 2.45) is 17.3 Å². The van der Waals surface area contributed by atoms with E-state index in [4.69, 9.17) is 0 Å². The largest absolute Gasteiger partial charge is 0.477 e. The number of anilines is 1. The standard InChI is InChI=1S/C23H32N2O3S/c1-15-5-7-16(8-6-15)21(26)25(17-10-12-24-14-17)19-13-18(9-11-23(2,3)4)29-20(19)22(27)28/h13,15-17,24H,5-8,10,12,14H2,1-4H3,(H,27,28)/t15?,16?,17-/m0/s1. The molecule has 0 spiro atoms. The first-order valence-electron chi connectivity index (χ1n) is 10.6. The molecule has 5 nitrogen and oxygen atoms in total. The molecule has 2 N–H and O–H groups in total. The van der Waals surface area contributed by atoms with Crippen LogP contribution in [0, 0.1) is 29.1 Å². The number of carbonyl (C=O) groups is 2. The van der Waals surface area contributed by atoms with E-state index in [0.717, 1.165) is 38.6 Å². The number of carboxylic acids is 1. The van der Waals surface area contributed by atoms with E-state index in [1.54, 1.807) is 4.90 Å². The highest BCUT2D eigenvalue weighted by molar-refractivity contribution is 7.15. The van der Waals surface area contributed by atoms with Gasteiger partial charge in [-0.05, 0) is 71.4 Å². The first-order chi connectivity index (χ1) is 13.7.